The molecule has 0 aromatic carbocycles. The molecule has 1 fully saturated rings. The zero-order valence-electron chi connectivity index (χ0n) is 7.84. The molecule has 0 aromatic heterocycles. The maximum absolute atomic E-state index is 5.48. The minimum absolute atomic E-state index is 0.645. The van der Waals surface area contributed by atoms with Crippen molar-refractivity contribution in [2.45, 2.75) is 13.3 Å². The summed E-state index contributed by atoms with van der Waals surface area (Å²) in [6.07, 6.45) is 1.17. The Kier molecular flexibility index (Phi) is 5.32. The summed E-state index contributed by atoms with van der Waals surface area (Å²) in [6.45, 7) is 7.59. The van der Waals surface area contributed by atoms with Crippen LogP contribution in [0.15, 0.2) is 0 Å². The Bertz CT molecular complexity index is 103. The molecular weight excluding hydrogens is 154 g/mol. The average molecular weight is 173 g/mol. The molecular formula is C9H19NO2. The van der Waals surface area contributed by atoms with Crippen molar-refractivity contribution >= 4 is 0 Å². The molecule has 3 heteroatoms. The summed E-state index contributed by atoms with van der Waals surface area (Å²) < 4.78 is 10.7. The Morgan fingerprint density at radius 2 is 2.50 bits per heavy atom. The van der Waals surface area contributed by atoms with Gasteiger partial charge in [0, 0.05) is 19.1 Å². The van der Waals surface area contributed by atoms with Gasteiger partial charge in [-0.1, -0.05) is 6.92 Å². The molecule has 1 rings (SSSR count). The summed E-state index contributed by atoms with van der Waals surface area (Å²) in [5.41, 5.74) is 0. The van der Waals surface area contributed by atoms with Crippen LogP contribution in [0.4, 0.5) is 0 Å². The van der Waals surface area contributed by atoms with Gasteiger partial charge in [0.15, 0.2) is 0 Å². The first-order chi connectivity index (χ1) is 5.93. The highest BCUT2D eigenvalue weighted by Crippen LogP contribution is 2.11. The van der Waals surface area contributed by atoms with Crippen molar-refractivity contribution in [2.24, 2.45) is 5.92 Å². The maximum atomic E-state index is 5.48. The van der Waals surface area contributed by atoms with E-state index in [1.807, 2.05) is 0 Å². The van der Waals surface area contributed by atoms with E-state index < -0.39 is 0 Å². The minimum atomic E-state index is 0.645. The fraction of sp³-hybridized carbons (Fsp3) is 1.00. The molecule has 1 heterocycles. The number of likely N-dealkylation sites (N-methyl/N-ethyl adjacent to an activating group) is 1. The van der Waals surface area contributed by atoms with Gasteiger partial charge >= 0.3 is 0 Å². The lowest BCUT2D eigenvalue weighted by Gasteiger charge is -2.08. The highest BCUT2D eigenvalue weighted by Gasteiger charge is 2.14. The molecule has 0 amide bonds. The second kappa shape index (κ2) is 6.40. The topological polar surface area (TPSA) is 30.5 Å². The summed E-state index contributed by atoms with van der Waals surface area (Å²) >= 11 is 0. The van der Waals surface area contributed by atoms with Crippen LogP contribution in [0.5, 0.6) is 0 Å². The van der Waals surface area contributed by atoms with E-state index >= 15 is 0 Å². The Morgan fingerprint density at radius 1 is 1.58 bits per heavy atom. The Labute approximate surface area is 74.4 Å². The quantitative estimate of drug-likeness (QED) is 0.598. The Morgan fingerprint density at radius 3 is 3.17 bits per heavy atom. The number of rotatable bonds is 6. The minimum Gasteiger partial charge on any atom is -0.381 e. The summed E-state index contributed by atoms with van der Waals surface area (Å²) in [5, 5.41) is 3.22. The third-order valence-corrected chi connectivity index (χ3v) is 2.05. The Balaban J connectivity index is 1.81. The third-order valence-electron chi connectivity index (χ3n) is 2.05. The van der Waals surface area contributed by atoms with Gasteiger partial charge in [0.05, 0.1) is 19.8 Å². The van der Waals surface area contributed by atoms with Crippen LogP contribution in [-0.2, 0) is 9.47 Å². The molecule has 1 unspecified atom stereocenters. The van der Waals surface area contributed by atoms with Crippen LogP contribution in [-0.4, -0.2) is 39.5 Å². The summed E-state index contributed by atoms with van der Waals surface area (Å²) in [6, 6.07) is 0. The first kappa shape index (κ1) is 9.96. The Hall–Kier alpha value is -0.120. The van der Waals surface area contributed by atoms with Crippen molar-refractivity contribution in [2.75, 3.05) is 39.5 Å². The molecule has 1 aliphatic rings. The third kappa shape index (κ3) is 4.04. The molecule has 0 aromatic rings. The lowest BCUT2D eigenvalue weighted by atomic mass is 10.1. The molecule has 1 N–H and O–H groups in total. The van der Waals surface area contributed by atoms with Crippen LogP contribution in [0.2, 0.25) is 0 Å². The van der Waals surface area contributed by atoms with Gasteiger partial charge in [0.25, 0.3) is 0 Å². The maximum Gasteiger partial charge on any atom is 0.0591 e. The van der Waals surface area contributed by atoms with Crippen LogP contribution in [0, 0.1) is 5.92 Å². The smallest absolute Gasteiger partial charge is 0.0591 e. The van der Waals surface area contributed by atoms with E-state index in [9.17, 15) is 0 Å². The van der Waals surface area contributed by atoms with Crippen LogP contribution in [0.1, 0.15) is 13.3 Å². The van der Waals surface area contributed by atoms with Crippen LogP contribution in [0.3, 0.4) is 0 Å². The monoisotopic (exact) mass is 173 g/mol. The van der Waals surface area contributed by atoms with E-state index in [0.717, 1.165) is 39.5 Å². The van der Waals surface area contributed by atoms with Gasteiger partial charge in [-0.15, -0.1) is 0 Å². The first-order valence-corrected chi connectivity index (χ1v) is 4.79. The van der Waals surface area contributed by atoms with Crippen LogP contribution >= 0.6 is 0 Å². The lowest BCUT2D eigenvalue weighted by molar-refractivity contribution is 0.0916. The zero-order valence-corrected chi connectivity index (χ0v) is 7.84. The van der Waals surface area contributed by atoms with E-state index in [1.165, 1.54) is 6.42 Å². The molecule has 1 aliphatic heterocycles. The highest BCUT2D eigenvalue weighted by atomic mass is 16.5. The number of hydrogen-bond acceptors (Lipinski definition) is 3. The van der Waals surface area contributed by atoms with Crippen molar-refractivity contribution in [3.05, 3.63) is 0 Å². The summed E-state index contributed by atoms with van der Waals surface area (Å²) in [4.78, 5) is 0. The molecule has 1 saturated heterocycles. The molecule has 0 aliphatic carbocycles. The van der Waals surface area contributed by atoms with Crippen molar-refractivity contribution in [3.8, 4) is 0 Å². The van der Waals surface area contributed by atoms with Gasteiger partial charge in [-0.2, -0.15) is 0 Å². The normalized spacial score (nSPS) is 23.2. The fourth-order valence-corrected chi connectivity index (χ4v) is 1.29. The first-order valence-electron chi connectivity index (χ1n) is 4.79. The zero-order chi connectivity index (χ0) is 8.65. The van der Waals surface area contributed by atoms with Crippen molar-refractivity contribution < 1.29 is 9.47 Å². The van der Waals surface area contributed by atoms with Gasteiger partial charge in [-0.3, -0.25) is 0 Å². The fourth-order valence-electron chi connectivity index (χ4n) is 1.29. The standard InChI is InChI=1S/C9H19NO2/c1-2-10-4-6-12-8-9-3-5-11-7-9/h9-10H,2-8H2,1H3. The lowest BCUT2D eigenvalue weighted by Crippen LogP contribution is -2.20. The largest absolute Gasteiger partial charge is 0.381 e. The number of hydrogen-bond donors (Lipinski definition) is 1. The predicted octanol–water partition coefficient (Wildman–Crippen LogP) is 0.649. The second-order valence-electron chi connectivity index (χ2n) is 3.16. The predicted molar refractivity (Wildman–Crippen MR) is 48.3 cm³/mol. The van der Waals surface area contributed by atoms with E-state index in [1.54, 1.807) is 0 Å². The van der Waals surface area contributed by atoms with Crippen LogP contribution in [0.25, 0.3) is 0 Å². The van der Waals surface area contributed by atoms with Crippen molar-refractivity contribution in [3.63, 3.8) is 0 Å². The molecule has 72 valence electrons. The van der Waals surface area contributed by atoms with E-state index in [4.69, 9.17) is 9.47 Å². The SMILES string of the molecule is CCNCCOCC1CCOC1. The average Bonchev–Trinajstić information content (AvgIpc) is 2.57. The highest BCUT2D eigenvalue weighted by molar-refractivity contribution is 4.62. The molecule has 12 heavy (non-hydrogen) atoms. The van der Waals surface area contributed by atoms with Crippen LogP contribution < -0.4 is 5.32 Å². The van der Waals surface area contributed by atoms with Gasteiger partial charge in [0.2, 0.25) is 0 Å². The number of ether oxygens (including phenoxy) is 2. The summed E-state index contributed by atoms with van der Waals surface area (Å²) in [7, 11) is 0. The van der Waals surface area contributed by atoms with Crippen molar-refractivity contribution in [1.29, 1.82) is 0 Å². The van der Waals surface area contributed by atoms with E-state index in [0.29, 0.717) is 5.92 Å². The number of nitrogens with one attached hydrogen (secondary N) is 1. The second-order valence-corrected chi connectivity index (χ2v) is 3.16. The molecule has 1 atom stereocenters. The van der Waals surface area contributed by atoms with E-state index in [-0.39, 0.29) is 0 Å². The molecule has 0 saturated carbocycles. The van der Waals surface area contributed by atoms with Gasteiger partial charge < -0.3 is 14.8 Å². The van der Waals surface area contributed by atoms with Crippen molar-refractivity contribution in [1.82, 2.24) is 5.32 Å². The summed E-state index contributed by atoms with van der Waals surface area (Å²) in [5.74, 6) is 0.645. The van der Waals surface area contributed by atoms with Gasteiger partial charge in [-0.25, -0.2) is 0 Å². The van der Waals surface area contributed by atoms with Gasteiger partial charge in [-0.05, 0) is 13.0 Å². The van der Waals surface area contributed by atoms with Gasteiger partial charge in [0.1, 0.15) is 0 Å². The molecule has 0 bridgehead atoms. The van der Waals surface area contributed by atoms with E-state index in [2.05, 4.69) is 12.2 Å². The molecule has 0 radical (unpaired) electrons. The molecule has 3 nitrogen and oxygen atoms in total. The molecule has 0 spiro atoms.